The molecule has 0 fully saturated rings. The van der Waals surface area contributed by atoms with Crippen LogP contribution in [0.5, 0.6) is 0 Å². The Morgan fingerprint density at radius 2 is 1.50 bits per heavy atom. The number of nitrogens with zero attached hydrogens (tertiary/aromatic N) is 1. The number of rotatable bonds is 8. The lowest BCUT2D eigenvalue weighted by molar-refractivity contribution is 0.318. The summed E-state index contributed by atoms with van der Waals surface area (Å²) in [6, 6.07) is 15.0. The summed E-state index contributed by atoms with van der Waals surface area (Å²) in [7, 11) is 0. The van der Waals surface area contributed by atoms with Crippen molar-refractivity contribution in [3.05, 3.63) is 42.5 Å². The van der Waals surface area contributed by atoms with Crippen LogP contribution in [0.3, 0.4) is 0 Å². The van der Waals surface area contributed by atoms with Gasteiger partial charge in [-0.05, 0) is 24.3 Å². The van der Waals surface area contributed by atoms with Gasteiger partial charge in [0.1, 0.15) is 0 Å². The van der Waals surface area contributed by atoms with Gasteiger partial charge in [-0.1, -0.05) is 63.1 Å². The quantitative estimate of drug-likeness (QED) is 0.674. The Labute approximate surface area is 122 Å². The normalized spacial score (nSPS) is 11.2. The summed E-state index contributed by atoms with van der Waals surface area (Å²) in [5.74, 6) is 0. The van der Waals surface area contributed by atoms with Gasteiger partial charge < -0.3 is 5.43 Å². The molecule has 0 spiro atoms. The highest BCUT2D eigenvalue weighted by Crippen LogP contribution is 2.23. The first kappa shape index (κ1) is 14.9. The Bertz CT molecular complexity index is 508. The Morgan fingerprint density at radius 3 is 2.20 bits per heavy atom. The van der Waals surface area contributed by atoms with Crippen LogP contribution in [0.1, 0.15) is 39.5 Å². The summed E-state index contributed by atoms with van der Waals surface area (Å²) >= 11 is 0. The van der Waals surface area contributed by atoms with Gasteiger partial charge in [0, 0.05) is 18.5 Å². The molecule has 0 heterocycles. The molecule has 0 aliphatic rings. The number of unbranched alkanes of at least 4 members (excludes halogenated alkanes) is 2. The van der Waals surface area contributed by atoms with Gasteiger partial charge in [-0.15, -0.1) is 0 Å². The van der Waals surface area contributed by atoms with E-state index in [2.05, 4.69) is 66.7 Å². The van der Waals surface area contributed by atoms with Crippen LogP contribution in [0, 0.1) is 0 Å². The van der Waals surface area contributed by atoms with E-state index in [4.69, 9.17) is 0 Å². The molecule has 20 heavy (non-hydrogen) atoms. The molecule has 0 atom stereocenters. The summed E-state index contributed by atoms with van der Waals surface area (Å²) in [6.07, 6.45) is 4.95. The molecule has 2 heteroatoms. The predicted octanol–water partition coefficient (Wildman–Crippen LogP) is 5.07. The molecule has 2 aromatic rings. The number of benzene rings is 2. The smallest absolute Gasteiger partial charge is 0.0568 e. The minimum Gasteiger partial charge on any atom is -0.318 e. The van der Waals surface area contributed by atoms with Gasteiger partial charge >= 0.3 is 0 Å². The van der Waals surface area contributed by atoms with E-state index in [1.54, 1.807) is 0 Å². The van der Waals surface area contributed by atoms with E-state index < -0.39 is 0 Å². The average Bonchev–Trinajstić information content (AvgIpc) is 2.50. The fourth-order valence-corrected chi connectivity index (χ4v) is 2.41. The van der Waals surface area contributed by atoms with Crippen LogP contribution >= 0.6 is 0 Å². The molecular formula is C18H26N2. The van der Waals surface area contributed by atoms with Gasteiger partial charge in [0.05, 0.1) is 5.69 Å². The molecule has 108 valence electrons. The highest BCUT2D eigenvalue weighted by atomic mass is 15.5. The van der Waals surface area contributed by atoms with Crippen molar-refractivity contribution < 1.29 is 0 Å². The highest BCUT2D eigenvalue weighted by molar-refractivity contribution is 5.93. The topological polar surface area (TPSA) is 15.3 Å². The molecule has 1 N–H and O–H groups in total. The lowest BCUT2D eigenvalue weighted by atomic mass is 10.1. The summed E-state index contributed by atoms with van der Waals surface area (Å²) in [5.41, 5.74) is 4.84. The number of hydrogen-bond acceptors (Lipinski definition) is 2. The molecule has 0 aliphatic heterocycles. The van der Waals surface area contributed by atoms with Gasteiger partial charge in [-0.25, -0.2) is 5.01 Å². The summed E-state index contributed by atoms with van der Waals surface area (Å²) in [5, 5.41) is 4.96. The van der Waals surface area contributed by atoms with E-state index >= 15 is 0 Å². The zero-order chi connectivity index (χ0) is 14.2. The van der Waals surface area contributed by atoms with Gasteiger partial charge in [0.15, 0.2) is 0 Å². The standard InChI is InChI=1S/C18H26N2/c1-3-5-14-20(15-6-4-2)19-18-13-9-11-16-10-7-8-12-17(16)18/h7-13,19H,3-6,14-15H2,1-2H3. The van der Waals surface area contributed by atoms with Crippen molar-refractivity contribution in [2.75, 3.05) is 18.5 Å². The second-order valence-corrected chi connectivity index (χ2v) is 5.33. The van der Waals surface area contributed by atoms with Crippen LogP contribution in [0.4, 0.5) is 5.69 Å². The van der Waals surface area contributed by atoms with Crippen LogP contribution in [0.2, 0.25) is 0 Å². The van der Waals surface area contributed by atoms with Crippen LogP contribution in [0.15, 0.2) is 42.5 Å². The summed E-state index contributed by atoms with van der Waals surface area (Å²) in [4.78, 5) is 0. The largest absolute Gasteiger partial charge is 0.318 e. The maximum Gasteiger partial charge on any atom is 0.0568 e. The van der Waals surface area contributed by atoms with E-state index in [9.17, 15) is 0 Å². The van der Waals surface area contributed by atoms with Crippen LogP contribution in [0.25, 0.3) is 10.8 Å². The third kappa shape index (κ3) is 3.97. The van der Waals surface area contributed by atoms with Crippen molar-refractivity contribution in [3.63, 3.8) is 0 Å². The molecule has 0 saturated heterocycles. The van der Waals surface area contributed by atoms with Crippen molar-refractivity contribution in [1.82, 2.24) is 5.01 Å². The van der Waals surface area contributed by atoms with Gasteiger partial charge in [-0.3, -0.25) is 0 Å². The van der Waals surface area contributed by atoms with Gasteiger partial charge in [0.2, 0.25) is 0 Å². The third-order valence-corrected chi connectivity index (χ3v) is 3.63. The molecule has 0 amide bonds. The third-order valence-electron chi connectivity index (χ3n) is 3.63. The van der Waals surface area contributed by atoms with Crippen molar-refractivity contribution in [1.29, 1.82) is 0 Å². The molecule has 0 bridgehead atoms. The molecule has 0 aliphatic carbocycles. The van der Waals surface area contributed by atoms with Crippen molar-refractivity contribution in [2.24, 2.45) is 0 Å². The van der Waals surface area contributed by atoms with Gasteiger partial charge in [-0.2, -0.15) is 0 Å². The first-order valence-corrected chi connectivity index (χ1v) is 7.84. The predicted molar refractivity (Wildman–Crippen MR) is 89.0 cm³/mol. The minimum absolute atomic E-state index is 1.11. The molecular weight excluding hydrogens is 244 g/mol. The fourth-order valence-electron chi connectivity index (χ4n) is 2.41. The highest BCUT2D eigenvalue weighted by Gasteiger charge is 2.06. The fraction of sp³-hybridized carbons (Fsp3) is 0.444. The van der Waals surface area contributed by atoms with Crippen molar-refractivity contribution in [2.45, 2.75) is 39.5 Å². The maximum atomic E-state index is 3.62. The number of hydrogen-bond donors (Lipinski definition) is 1. The van der Waals surface area contributed by atoms with Crippen molar-refractivity contribution in [3.8, 4) is 0 Å². The van der Waals surface area contributed by atoms with Gasteiger partial charge in [0.25, 0.3) is 0 Å². The number of hydrazine groups is 1. The first-order chi connectivity index (χ1) is 9.85. The second kappa shape index (κ2) is 7.91. The Kier molecular flexibility index (Phi) is 5.87. The summed E-state index contributed by atoms with van der Waals surface area (Å²) < 4.78 is 0. The van der Waals surface area contributed by atoms with E-state index in [0.717, 1.165) is 13.1 Å². The van der Waals surface area contributed by atoms with Crippen LogP contribution in [-0.2, 0) is 0 Å². The number of fused-ring (bicyclic) bond motifs is 1. The molecule has 0 radical (unpaired) electrons. The second-order valence-electron chi connectivity index (χ2n) is 5.33. The SMILES string of the molecule is CCCCN(CCCC)Nc1cccc2ccccc12. The maximum absolute atomic E-state index is 3.62. The molecule has 0 saturated carbocycles. The van der Waals surface area contributed by atoms with Crippen LogP contribution < -0.4 is 5.43 Å². The van der Waals surface area contributed by atoms with E-state index in [0.29, 0.717) is 0 Å². The zero-order valence-electron chi connectivity index (χ0n) is 12.7. The molecule has 2 aromatic carbocycles. The van der Waals surface area contributed by atoms with E-state index in [1.165, 1.54) is 42.1 Å². The van der Waals surface area contributed by atoms with Crippen LogP contribution in [-0.4, -0.2) is 18.1 Å². The number of nitrogens with one attached hydrogen (secondary N) is 1. The Balaban J connectivity index is 2.14. The lowest BCUT2D eigenvalue weighted by Crippen LogP contribution is -2.32. The minimum atomic E-state index is 1.11. The number of anilines is 1. The van der Waals surface area contributed by atoms with E-state index in [-0.39, 0.29) is 0 Å². The molecule has 0 aromatic heterocycles. The van der Waals surface area contributed by atoms with E-state index in [1.807, 2.05) is 0 Å². The average molecular weight is 270 g/mol. The summed E-state index contributed by atoms with van der Waals surface area (Å²) in [6.45, 7) is 6.71. The molecule has 0 unspecified atom stereocenters. The molecule has 2 rings (SSSR count). The molecule has 2 nitrogen and oxygen atoms in total. The lowest BCUT2D eigenvalue weighted by Gasteiger charge is -2.25. The first-order valence-electron chi connectivity index (χ1n) is 7.84. The van der Waals surface area contributed by atoms with Crippen molar-refractivity contribution >= 4 is 16.5 Å². The zero-order valence-corrected chi connectivity index (χ0v) is 12.7. The monoisotopic (exact) mass is 270 g/mol. The Hall–Kier alpha value is -1.54. The Morgan fingerprint density at radius 1 is 0.850 bits per heavy atom.